The second kappa shape index (κ2) is 7.85. The molecular formula is C14H25IN4O. The first kappa shape index (κ1) is 17.3. The van der Waals surface area contributed by atoms with E-state index in [1.54, 1.807) is 0 Å². The lowest BCUT2D eigenvalue weighted by Gasteiger charge is -2.30. The number of guanidine groups is 1. The summed E-state index contributed by atoms with van der Waals surface area (Å²) >= 11 is 0. The van der Waals surface area contributed by atoms with Gasteiger partial charge in [-0.2, -0.15) is 0 Å². The molecule has 1 fully saturated rings. The number of rotatable bonds is 3. The fraction of sp³-hybridized carbons (Fsp3) is 0.714. The molecule has 6 heteroatoms. The quantitative estimate of drug-likeness (QED) is 0.488. The van der Waals surface area contributed by atoms with E-state index < -0.39 is 0 Å². The molecule has 2 rings (SSSR count). The molecule has 20 heavy (non-hydrogen) atoms. The number of aromatic nitrogens is 1. The molecule has 0 saturated carbocycles. The molecule has 2 N–H and O–H groups in total. The van der Waals surface area contributed by atoms with Gasteiger partial charge in [0.15, 0.2) is 11.7 Å². The van der Waals surface area contributed by atoms with Gasteiger partial charge in [0.05, 0.1) is 5.69 Å². The van der Waals surface area contributed by atoms with Crippen molar-refractivity contribution in [1.82, 2.24) is 10.1 Å². The van der Waals surface area contributed by atoms with Crippen LogP contribution < -0.4 is 5.73 Å². The van der Waals surface area contributed by atoms with Crippen LogP contribution in [0.1, 0.15) is 51.0 Å². The van der Waals surface area contributed by atoms with Crippen molar-refractivity contribution in [2.24, 2.45) is 16.6 Å². The third kappa shape index (κ3) is 4.64. The van der Waals surface area contributed by atoms with Gasteiger partial charge >= 0.3 is 0 Å². The molecule has 1 aliphatic heterocycles. The second-order valence-electron chi connectivity index (χ2n) is 5.72. The Hall–Kier alpha value is -0.790. The minimum absolute atomic E-state index is 0. The number of halogens is 1. The summed E-state index contributed by atoms with van der Waals surface area (Å²) in [5, 5.41) is 4.02. The molecule has 0 spiro atoms. The van der Waals surface area contributed by atoms with Crippen LogP contribution >= 0.6 is 24.0 Å². The molecule has 0 aromatic carbocycles. The number of hydrogen-bond acceptors (Lipinski definition) is 3. The summed E-state index contributed by atoms with van der Waals surface area (Å²) in [5.74, 6) is 2.57. The molecule has 0 atom stereocenters. The third-order valence-corrected chi connectivity index (χ3v) is 3.67. The number of likely N-dealkylation sites (tertiary alicyclic amines) is 1. The topological polar surface area (TPSA) is 67.7 Å². The van der Waals surface area contributed by atoms with Gasteiger partial charge in [0, 0.05) is 19.2 Å². The highest BCUT2D eigenvalue weighted by atomic mass is 127. The first-order valence-corrected chi connectivity index (χ1v) is 7.06. The van der Waals surface area contributed by atoms with E-state index in [4.69, 9.17) is 10.3 Å². The van der Waals surface area contributed by atoms with E-state index >= 15 is 0 Å². The Labute approximate surface area is 138 Å². The summed E-state index contributed by atoms with van der Waals surface area (Å²) in [6.45, 7) is 8.95. The minimum Gasteiger partial charge on any atom is -0.370 e. The SMILES string of the molecule is CC1CCN(C(N)=NCc2cc(C(C)C)no2)CC1.I. The Morgan fingerprint density at radius 3 is 2.70 bits per heavy atom. The Morgan fingerprint density at radius 1 is 1.50 bits per heavy atom. The van der Waals surface area contributed by atoms with E-state index in [9.17, 15) is 0 Å². The lowest BCUT2D eigenvalue weighted by atomic mass is 10.00. The maximum atomic E-state index is 6.02. The molecule has 1 saturated heterocycles. The molecule has 0 unspecified atom stereocenters. The number of nitrogens with zero attached hydrogens (tertiary/aromatic N) is 3. The fourth-order valence-electron chi connectivity index (χ4n) is 2.17. The van der Waals surface area contributed by atoms with Gasteiger partial charge in [0.2, 0.25) is 0 Å². The van der Waals surface area contributed by atoms with Crippen molar-refractivity contribution in [3.8, 4) is 0 Å². The molecule has 0 bridgehead atoms. The van der Waals surface area contributed by atoms with Gasteiger partial charge in [0.1, 0.15) is 6.54 Å². The van der Waals surface area contributed by atoms with Crippen LogP contribution in [0.3, 0.4) is 0 Å². The van der Waals surface area contributed by atoms with Gasteiger partial charge in [0.25, 0.3) is 0 Å². The molecule has 0 amide bonds. The Balaban J connectivity index is 0.00000200. The number of hydrogen-bond donors (Lipinski definition) is 1. The zero-order valence-electron chi connectivity index (χ0n) is 12.5. The van der Waals surface area contributed by atoms with E-state index in [2.05, 4.69) is 35.8 Å². The average Bonchev–Trinajstić information content (AvgIpc) is 2.86. The number of aliphatic imine (C=N–C) groups is 1. The highest BCUT2D eigenvalue weighted by Crippen LogP contribution is 2.16. The van der Waals surface area contributed by atoms with E-state index in [0.717, 1.165) is 30.5 Å². The second-order valence-corrected chi connectivity index (χ2v) is 5.72. The van der Waals surface area contributed by atoms with Crippen LogP contribution in [0.25, 0.3) is 0 Å². The van der Waals surface area contributed by atoms with Gasteiger partial charge < -0.3 is 15.2 Å². The van der Waals surface area contributed by atoms with Gasteiger partial charge in [-0.15, -0.1) is 24.0 Å². The van der Waals surface area contributed by atoms with Crippen molar-refractivity contribution in [3.05, 3.63) is 17.5 Å². The van der Waals surface area contributed by atoms with E-state index in [1.165, 1.54) is 12.8 Å². The lowest BCUT2D eigenvalue weighted by Crippen LogP contribution is -2.42. The predicted molar refractivity (Wildman–Crippen MR) is 91.3 cm³/mol. The van der Waals surface area contributed by atoms with Crippen LogP contribution in [0.4, 0.5) is 0 Å². The fourth-order valence-corrected chi connectivity index (χ4v) is 2.17. The van der Waals surface area contributed by atoms with Crippen molar-refractivity contribution in [2.45, 2.75) is 46.1 Å². The van der Waals surface area contributed by atoms with Crippen LogP contribution in [0, 0.1) is 5.92 Å². The highest BCUT2D eigenvalue weighted by molar-refractivity contribution is 14.0. The standard InChI is InChI=1S/C14H24N4O.HI/c1-10(2)13-8-12(19-17-13)9-16-14(15)18-6-4-11(3)5-7-18;/h8,10-11H,4-7,9H2,1-3H3,(H2,15,16);1H. The third-order valence-electron chi connectivity index (χ3n) is 3.67. The zero-order chi connectivity index (χ0) is 13.8. The molecule has 0 aliphatic carbocycles. The lowest BCUT2D eigenvalue weighted by molar-refractivity contribution is 0.277. The van der Waals surface area contributed by atoms with Crippen LogP contribution in [0.2, 0.25) is 0 Å². The zero-order valence-corrected chi connectivity index (χ0v) is 14.8. The molecule has 0 radical (unpaired) electrons. The normalized spacial score (nSPS) is 17.4. The Bertz CT molecular complexity index is 436. The summed E-state index contributed by atoms with van der Waals surface area (Å²) in [4.78, 5) is 6.55. The summed E-state index contributed by atoms with van der Waals surface area (Å²) in [7, 11) is 0. The molecule has 2 heterocycles. The van der Waals surface area contributed by atoms with Gasteiger partial charge in [-0.05, 0) is 24.7 Å². The van der Waals surface area contributed by atoms with Gasteiger partial charge in [-0.3, -0.25) is 0 Å². The van der Waals surface area contributed by atoms with E-state index in [1.807, 2.05) is 6.07 Å². The van der Waals surface area contributed by atoms with Gasteiger partial charge in [-0.1, -0.05) is 25.9 Å². The Morgan fingerprint density at radius 2 is 2.15 bits per heavy atom. The largest absolute Gasteiger partial charge is 0.370 e. The summed E-state index contributed by atoms with van der Waals surface area (Å²) in [6, 6.07) is 1.96. The molecular weight excluding hydrogens is 367 g/mol. The minimum atomic E-state index is 0. The van der Waals surface area contributed by atoms with Crippen LogP contribution in [0.5, 0.6) is 0 Å². The van der Waals surface area contributed by atoms with Crippen molar-refractivity contribution >= 4 is 29.9 Å². The predicted octanol–water partition coefficient (Wildman–Crippen LogP) is 2.96. The smallest absolute Gasteiger partial charge is 0.191 e. The van der Waals surface area contributed by atoms with Crippen molar-refractivity contribution in [3.63, 3.8) is 0 Å². The van der Waals surface area contributed by atoms with Crippen molar-refractivity contribution < 1.29 is 4.52 Å². The molecule has 114 valence electrons. The maximum absolute atomic E-state index is 6.02. The maximum Gasteiger partial charge on any atom is 0.191 e. The average molecular weight is 392 g/mol. The van der Waals surface area contributed by atoms with Crippen LogP contribution in [-0.4, -0.2) is 29.1 Å². The molecule has 1 aromatic heterocycles. The highest BCUT2D eigenvalue weighted by Gasteiger charge is 2.17. The number of nitrogens with two attached hydrogens (primary N) is 1. The first-order chi connectivity index (χ1) is 9.06. The summed E-state index contributed by atoms with van der Waals surface area (Å²) in [6.07, 6.45) is 2.38. The van der Waals surface area contributed by atoms with E-state index in [-0.39, 0.29) is 24.0 Å². The monoisotopic (exact) mass is 392 g/mol. The number of piperidine rings is 1. The summed E-state index contributed by atoms with van der Waals surface area (Å²) < 4.78 is 5.25. The van der Waals surface area contributed by atoms with Gasteiger partial charge in [-0.25, -0.2) is 4.99 Å². The molecule has 5 nitrogen and oxygen atoms in total. The van der Waals surface area contributed by atoms with Crippen LogP contribution in [-0.2, 0) is 6.54 Å². The van der Waals surface area contributed by atoms with Crippen molar-refractivity contribution in [1.29, 1.82) is 0 Å². The van der Waals surface area contributed by atoms with Crippen molar-refractivity contribution in [2.75, 3.05) is 13.1 Å². The van der Waals surface area contributed by atoms with Crippen LogP contribution in [0.15, 0.2) is 15.6 Å². The summed E-state index contributed by atoms with van der Waals surface area (Å²) in [5.41, 5.74) is 6.99. The molecule has 1 aromatic rings. The molecule has 1 aliphatic rings. The first-order valence-electron chi connectivity index (χ1n) is 7.06. The van der Waals surface area contributed by atoms with E-state index in [0.29, 0.717) is 18.4 Å². The Kier molecular flexibility index (Phi) is 6.78.